The average molecular weight is 346 g/mol. The molecule has 0 radical (unpaired) electrons. The lowest BCUT2D eigenvalue weighted by atomic mass is 10.1. The smallest absolute Gasteiger partial charge is 0.372 e. The van der Waals surface area contributed by atoms with Crippen LogP contribution < -0.4 is 5.32 Å². The Balaban J connectivity index is 2.35. The van der Waals surface area contributed by atoms with Gasteiger partial charge in [0, 0.05) is 19.7 Å². The third-order valence-corrected chi connectivity index (χ3v) is 3.36. The number of halogens is 1. The van der Waals surface area contributed by atoms with E-state index < -0.39 is 35.7 Å². The lowest BCUT2D eigenvalue weighted by Crippen LogP contribution is -2.21. The highest BCUT2D eigenvalue weighted by atomic mass is 19.1. The number of ketones is 2. The molecule has 0 spiro atoms. The summed E-state index contributed by atoms with van der Waals surface area (Å²) in [5, 5.41) is 11.1. The molecular weight excluding hydrogens is 331 g/mol. The molecule has 0 bridgehead atoms. The first-order valence-corrected chi connectivity index (χ1v) is 7.28. The number of aromatic nitrogens is 1. The number of carbonyl (C=O) groups excluding carboxylic acids is 3. The van der Waals surface area contributed by atoms with Crippen LogP contribution in [0.3, 0.4) is 0 Å². The summed E-state index contributed by atoms with van der Waals surface area (Å²) in [4.78, 5) is 45.7. The molecule has 1 aromatic heterocycles. The first-order chi connectivity index (χ1) is 11.8. The summed E-state index contributed by atoms with van der Waals surface area (Å²) in [5.41, 5.74) is 0.872. The maximum absolute atomic E-state index is 13.0. The summed E-state index contributed by atoms with van der Waals surface area (Å²) in [6.45, 7) is 1.44. The molecule has 1 amide bonds. The van der Waals surface area contributed by atoms with E-state index in [1.807, 2.05) is 0 Å². The van der Waals surface area contributed by atoms with Crippen molar-refractivity contribution in [1.82, 2.24) is 4.57 Å². The summed E-state index contributed by atoms with van der Waals surface area (Å²) in [5.74, 6) is -4.50. The number of nitrogens with zero attached hydrogens (tertiary/aromatic N) is 1. The Morgan fingerprint density at radius 2 is 1.76 bits per heavy atom. The number of carboxylic acids is 1. The third kappa shape index (κ3) is 4.60. The van der Waals surface area contributed by atoms with E-state index >= 15 is 0 Å². The molecular formula is C17H15FN2O5. The van der Waals surface area contributed by atoms with E-state index in [0.717, 1.165) is 0 Å². The van der Waals surface area contributed by atoms with Crippen molar-refractivity contribution < 1.29 is 28.7 Å². The molecule has 0 aliphatic rings. The lowest BCUT2D eigenvalue weighted by Gasteiger charge is -2.11. The molecule has 2 aromatic rings. The highest BCUT2D eigenvalue weighted by Gasteiger charge is 2.23. The van der Waals surface area contributed by atoms with Gasteiger partial charge < -0.3 is 15.0 Å². The highest BCUT2D eigenvalue weighted by Crippen LogP contribution is 2.21. The second-order valence-electron chi connectivity index (χ2n) is 5.34. The van der Waals surface area contributed by atoms with E-state index in [-0.39, 0.29) is 17.9 Å². The van der Waals surface area contributed by atoms with Crippen LogP contribution in [-0.4, -0.2) is 33.1 Å². The largest absolute Gasteiger partial charge is 0.475 e. The molecule has 2 rings (SSSR count). The Morgan fingerprint density at radius 3 is 2.32 bits per heavy atom. The van der Waals surface area contributed by atoms with E-state index in [9.17, 15) is 23.6 Å². The first kappa shape index (κ1) is 18.1. The summed E-state index contributed by atoms with van der Waals surface area (Å²) >= 11 is 0. The predicted octanol–water partition coefficient (Wildman–Crippen LogP) is 1.86. The lowest BCUT2D eigenvalue weighted by molar-refractivity contribution is -0.148. The van der Waals surface area contributed by atoms with Gasteiger partial charge in [0.05, 0.1) is 12.1 Å². The zero-order chi connectivity index (χ0) is 18.6. The van der Waals surface area contributed by atoms with Crippen LogP contribution in [0.15, 0.2) is 36.5 Å². The van der Waals surface area contributed by atoms with Gasteiger partial charge >= 0.3 is 5.97 Å². The molecule has 1 heterocycles. The number of aliphatic carboxylic acids is 1. The molecule has 2 N–H and O–H groups in total. The van der Waals surface area contributed by atoms with Crippen molar-refractivity contribution in [3.63, 3.8) is 0 Å². The van der Waals surface area contributed by atoms with Gasteiger partial charge in [-0.15, -0.1) is 0 Å². The fourth-order valence-corrected chi connectivity index (χ4v) is 2.30. The van der Waals surface area contributed by atoms with Crippen molar-refractivity contribution in [3.05, 3.63) is 53.6 Å². The Hall–Kier alpha value is -3.29. The molecule has 25 heavy (non-hydrogen) atoms. The van der Waals surface area contributed by atoms with Gasteiger partial charge in [-0.2, -0.15) is 0 Å². The number of anilines is 1. The van der Waals surface area contributed by atoms with E-state index in [4.69, 9.17) is 5.11 Å². The number of hydrogen-bond acceptors (Lipinski definition) is 4. The summed E-state index contributed by atoms with van der Waals surface area (Å²) < 4.78 is 14.5. The number of hydrogen-bond donors (Lipinski definition) is 2. The van der Waals surface area contributed by atoms with E-state index in [1.165, 1.54) is 48.0 Å². The van der Waals surface area contributed by atoms with Crippen molar-refractivity contribution in [2.75, 3.05) is 5.32 Å². The Labute approximate surface area is 142 Å². The first-order valence-electron chi connectivity index (χ1n) is 7.28. The fraction of sp³-hybridized carbons (Fsp3) is 0.176. The number of Topliss-reactive ketones (excluding diaryl/α,β-unsaturated/α-hetero) is 2. The van der Waals surface area contributed by atoms with Crippen LogP contribution in [0.2, 0.25) is 0 Å². The minimum atomic E-state index is -1.70. The third-order valence-electron chi connectivity index (χ3n) is 3.36. The Morgan fingerprint density at radius 1 is 1.12 bits per heavy atom. The molecule has 7 nitrogen and oxygen atoms in total. The number of nitrogens with one attached hydrogen (secondary N) is 1. The number of carbonyl (C=O) groups is 4. The maximum Gasteiger partial charge on any atom is 0.372 e. The van der Waals surface area contributed by atoms with Crippen LogP contribution in [0.1, 0.15) is 29.4 Å². The monoisotopic (exact) mass is 346 g/mol. The molecule has 0 fully saturated rings. The molecule has 8 heteroatoms. The molecule has 0 aliphatic heterocycles. The van der Waals surface area contributed by atoms with Crippen LogP contribution >= 0.6 is 0 Å². The van der Waals surface area contributed by atoms with E-state index in [0.29, 0.717) is 5.56 Å². The van der Waals surface area contributed by atoms with Gasteiger partial charge in [0.15, 0.2) is 5.78 Å². The van der Waals surface area contributed by atoms with E-state index in [2.05, 4.69) is 5.32 Å². The number of amides is 1. The zero-order valence-corrected chi connectivity index (χ0v) is 13.3. The zero-order valence-electron chi connectivity index (χ0n) is 13.3. The second kappa shape index (κ2) is 7.52. The average Bonchev–Trinajstić information content (AvgIpc) is 2.91. The van der Waals surface area contributed by atoms with Crippen LogP contribution in [-0.2, 0) is 20.9 Å². The van der Waals surface area contributed by atoms with Gasteiger partial charge in [0.25, 0.3) is 0 Å². The summed E-state index contributed by atoms with van der Waals surface area (Å²) in [6.07, 6.45) is 0.697. The van der Waals surface area contributed by atoms with Gasteiger partial charge in [0.1, 0.15) is 11.5 Å². The van der Waals surface area contributed by atoms with Crippen LogP contribution in [0.25, 0.3) is 0 Å². The Kier molecular flexibility index (Phi) is 5.43. The SMILES string of the molecule is CC(=O)Nc1ccn(Cc2ccc(F)cc2)c1C(=O)CC(=O)C(=O)O. The second-order valence-corrected chi connectivity index (χ2v) is 5.34. The highest BCUT2D eigenvalue weighted by molar-refractivity contribution is 6.37. The van der Waals surface area contributed by atoms with Gasteiger partial charge in [-0.1, -0.05) is 12.1 Å². The number of rotatable bonds is 7. The van der Waals surface area contributed by atoms with Crippen molar-refractivity contribution >= 4 is 29.1 Å². The van der Waals surface area contributed by atoms with Crippen molar-refractivity contribution in [3.8, 4) is 0 Å². The van der Waals surface area contributed by atoms with E-state index in [1.54, 1.807) is 0 Å². The fourth-order valence-electron chi connectivity index (χ4n) is 2.30. The topological polar surface area (TPSA) is 105 Å². The summed E-state index contributed by atoms with van der Waals surface area (Å²) in [6, 6.07) is 7.07. The van der Waals surface area contributed by atoms with Gasteiger partial charge in [-0.3, -0.25) is 14.4 Å². The van der Waals surface area contributed by atoms with Crippen molar-refractivity contribution in [2.24, 2.45) is 0 Å². The molecule has 0 aliphatic carbocycles. The van der Waals surface area contributed by atoms with Crippen LogP contribution in [0.5, 0.6) is 0 Å². The molecule has 130 valence electrons. The molecule has 1 aromatic carbocycles. The quantitative estimate of drug-likeness (QED) is 0.452. The van der Waals surface area contributed by atoms with Crippen molar-refractivity contribution in [2.45, 2.75) is 19.9 Å². The molecule has 0 atom stereocenters. The van der Waals surface area contributed by atoms with Gasteiger partial charge in [-0.05, 0) is 23.8 Å². The summed E-state index contributed by atoms with van der Waals surface area (Å²) in [7, 11) is 0. The number of benzene rings is 1. The molecule has 0 saturated carbocycles. The standard InChI is InChI=1S/C17H15FN2O5/c1-10(21)19-13-6-7-20(9-11-2-4-12(18)5-3-11)16(13)14(22)8-15(23)17(24)25/h2-7H,8-9H2,1H3,(H,19,21)(H,24,25). The predicted molar refractivity (Wildman–Crippen MR) is 85.8 cm³/mol. The normalized spacial score (nSPS) is 10.3. The molecule has 0 unspecified atom stereocenters. The minimum Gasteiger partial charge on any atom is -0.475 e. The van der Waals surface area contributed by atoms with Crippen molar-refractivity contribution in [1.29, 1.82) is 0 Å². The Bertz CT molecular complexity index is 839. The van der Waals surface area contributed by atoms with Gasteiger partial charge in [0.2, 0.25) is 11.7 Å². The molecule has 0 saturated heterocycles. The maximum atomic E-state index is 13.0. The minimum absolute atomic E-state index is 0.00845. The van der Waals surface area contributed by atoms with Crippen LogP contribution in [0, 0.1) is 5.82 Å². The number of carboxylic acid groups (broad SMARTS) is 1. The van der Waals surface area contributed by atoms with Gasteiger partial charge in [-0.25, -0.2) is 9.18 Å². The van der Waals surface area contributed by atoms with Crippen LogP contribution in [0.4, 0.5) is 10.1 Å².